The van der Waals surface area contributed by atoms with Gasteiger partial charge in [-0.25, -0.2) is 13.2 Å². The molecule has 0 aliphatic rings. The monoisotopic (exact) mass is 314 g/mol. The predicted molar refractivity (Wildman–Crippen MR) is 76.3 cm³/mol. The molecular formula is C15H14ClF3N2. The number of benzene rings is 2. The summed E-state index contributed by atoms with van der Waals surface area (Å²) >= 11 is 5.68. The molecular weight excluding hydrogens is 301 g/mol. The van der Waals surface area contributed by atoms with Crippen LogP contribution in [0.2, 0.25) is 5.02 Å². The van der Waals surface area contributed by atoms with Gasteiger partial charge in [0.15, 0.2) is 0 Å². The van der Waals surface area contributed by atoms with Crippen LogP contribution in [-0.2, 0) is 12.8 Å². The first-order chi connectivity index (χ1) is 10.0. The van der Waals surface area contributed by atoms with Gasteiger partial charge in [-0.3, -0.25) is 11.3 Å². The minimum absolute atomic E-state index is 0.0110. The summed E-state index contributed by atoms with van der Waals surface area (Å²) in [6.07, 6.45) is 0.199. The fourth-order valence-electron chi connectivity index (χ4n) is 2.12. The molecule has 0 aliphatic heterocycles. The van der Waals surface area contributed by atoms with Gasteiger partial charge >= 0.3 is 0 Å². The zero-order chi connectivity index (χ0) is 15.4. The second-order valence-corrected chi connectivity index (χ2v) is 5.14. The van der Waals surface area contributed by atoms with Gasteiger partial charge in [-0.1, -0.05) is 23.7 Å². The zero-order valence-electron chi connectivity index (χ0n) is 11.0. The maximum absolute atomic E-state index is 13.7. The summed E-state index contributed by atoms with van der Waals surface area (Å²) in [5.74, 6) is 3.64. The van der Waals surface area contributed by atoms with Crippen molar-refractivity contribution in [2.45, 2.75) is 18.9 Å². The maximum atomic E-state index is 13.7. The fourth-order valence-corrected chi connectivity index (χ4v) is 2.28. The summed E-state index contributed by atoms with van der Waals surface area (Å²) in [4.78, 5) is 0. The Morgan fingerprint density at radius 2 is 1.67 bits per heavy atom. The van der Waals surface area contributed by atoms with Crippen molar-refractivity contribution in [1.29, 1.82) is 0 Å². The van der Waals surface area contributed by atoms with Crippen molar-refractivity contribution in [1.82, 2.24) is 5.43 Å². The molecule has 0 heterocycles. The molecule has 0 saturated carbocycles. The summed E-state index contributed by atoms with van der Waals surface area (Å²) < 4.78 is 41.0. The van der Waals surface area contributed by atoms with Crippen molar-refractivity contribution < 1.29 is 13.2 Å². The Balaban J connectivity index is 2.17. The van der Waals surface area contributed by atoms with E-state index in [9.17, 15) is 13.2 Å². The summed E-state index contributed by atoms with van der Waals surface area (Å²) in [7, 11) is 0. The van der Waals surface area contributed by atoms with E-state index >= 15 is 0 Å². The average molecular weight is 315 g/mol. The minimum Gasteiger partial charge on any atom is -0.271 e. The molecule has 2 aromatic rings. The molecule has 2 nitrogen and oxygen atoms in total. The molecule has 1 unspecified atom stereocenters. The van der Waals surface area contributed by atoms with E-state index in [0.717, 1.165) is 0 Å². The van der Waals surface area contributed by atoms with Gasteiger partial charge in [-0.2, -0.15) is 0 Å². The Hall–Kier alpha value is -1.56. The van der Waals surface area contributed by atoms with E-state index in [1.807, 2.05) is 0 Å². The van der Waals surface area contributed by atoms with Crippen LogP contribution in [0.15, 0.2) is 36.4 Å². The van der Waals surface area contributed by atoms with Crippen molar-refractivity contribution in [3.63, 3.8) is 0 Å². The molecule has 2 rings (SSSR count). The third-order valence-electron chi connectivity index (χ3n) is 3.23. The largest absolute Gasteiger partial charge is 0.271 e. The van der Waals surface area contributed by atoms with Crippen LogP contribution in [0.3, 0.4) is 0 Å². The lowest BCUT2D eigenvalue weighted by Gasteiger charge is -2.17. The third-order valence-corrected chi connectivity index (χ3v) is 3.46. The van der Waals surface area contributed by atoms with Gasteiger partial charge < -0.3 is 0 Å². The second kappa shape index (κ2) is 6.93. The highest BCUT2D eigenvalue weighted by molar-refractivity contribution is 6.30. The van der Waals surface area contributed by atoms with E-state index in [2.05, 4.69) is 5.43 Å². The quantitative estimate of drug-likeness (QED) is 0.656. The maximum Gasteiger partial charge on any atom is 0.129 e. The van der Waals surface area contributed by atoms with Crippen LogP contribution >= 0.6 is 11.6 Å². The lowest BCUT2D eigenvalue weighted by molar-refractivity contribution is 0.476. The predicted octanol–water partition coefficient (Wildman–Crippen LogP) is 3.37. The fraction of sp³-hybridized carbons (Fsp3) is 0.200. The van der Waals surface area contributed by atoms with Gasteiger partial charge in [0.05, 0.1) is 0 Å². The lowest BCUT2D eigenvalue weighted by atomic mass is 9.98. The normalized spacial score (nSPS) is 12.4. The van der Waals surface area contributed by atoms with E-state index in [0.29, 0.717) is 5.56 Å². The van der Waals surface area contributed by atoms with Crippen molar-refractivity contribution in [2.75, 3.05) is 0 Å². The van der Waals surface area contributed by atoms with Crippen LogP contribution in [-0.4, -0.2) is 6.04 Å². The molecule has 1 atom stereocenters. The van der Waals surface area contributed by atoms with Crippen LogP contribution < -0.4 is 11.3 Å². The van der Waals surface area contributed by atoms with E-state index in [1.54, 1.807) is 6.07 Å². The third kappa shape index (κ3) is 3.97. The molecule has 0 radical (unpaired) electrons. The van der Waals surface area contributed by atoms with Gasteiger partial charge in [0, 0.05) is 16.6 Å². The molecule has 0 aliphatic carbocycles. The SMILES string of the molecule is NNC(Cc1ccc(Cl)cc1F)Cc1c(F)cccc1F. The smallest absolute Gasteiger partial charge is 0.129 e. The Bertz CT molecular complexity index is 614. The van der Waals surface area contributed by atoms with Crippen LogP contribution in [0.25, 0.3) is 0 Å². The van der Waals surface area contributed by atoms with Gasteiger partial charge in [0.25, 0.3) is 0 Å². The summed E-state index contributed by atoms with van der Waals surface area (Å²) in [5.41, 5.74) is 2.76. The number of nitrogens with one attached hydrogen (secondary N) is 1. The molecule has 6 heteroatoms. The number of nitrogens with two attached hydrogens (primary N) is 1. The molecule has 2 aromatic carbocycles. The van der Waals surface area contributed by atoms with Gasteiger partial charge in [0.1, 0.15) is 17.5 Å². The molecule has 0 aromatic heterocycles. The molecule has 0 saturated heterocycles. The highest BCUT2D eigenvalue weighted by Crippen LogP contribution is 2.19. The number of rotatable bonds is 5. The van der Waals surface area contributed by atoms with E-state index < -0.39 is 23.5 Å². The minimum atomic E-state index is -0.646. The van der Waals surface area contributed by atoms with Crippen LogP contribution in [0.4, 0.5) is 13.2 Å². The first-order valence-electron chi connectivity index (χ1n) is 6.34. The van der Waals surface area contributed by atoms with Gasteiger partial charge in [0.2, 0.25) is 0 Å². The van der Waals surface area contributed by atoms with Crippen molar-refractivity contribution in [3.05, 3.63) is 70.0 Å². The summed E-state index contributed by atoms with van der Waals surface area (Å²) in [5, 5.41) is 0.286. The molecule has 0 bridgehead atoms. The van der Waals surface area contributed by atoms with E-state index in [1.165, 1.54) is 30.3 Å². The lowest BCUT2D eigenvalue weighted by Crippen LogP contribution is -2.39. The Morgan fingerprint density at radius 1 is 1.00 bits per heavy atom. The summed E-state index contributed by atoms with van der Waals surface area (Å²) in [6, 6.07) is 7.40. The van der Waals surface area contributed by atoms with E-state index in [-0.39, 0.29) is 23.4 Å². The van der Waals surface area contributed by atoms with Gasteiger partial charge in [-0.15, -0.1) is 0 Å². The number of hydrogen-bond acceptors (Lipinski definition) is 2. The highest BCUT2D eigenvalue weighted by atomic mass is 35.5. The Morgan fingerprint density at radius 3 is 2.24 bits per heavy atom. The number of halogens is 4. The highest BCUT2D eigenvalue weighted by Gasteiger charge is 2.17. The molecule has 0 fully saturated rings. The topological polar surface area (TPSA) is 38.0 Å². The van der Waals surface area contributed by atoms with Crippen LogP contribution in [0.5, 0.6) is 0 Å². The summed E-state index contributed by atoms with van der Waals surface area (Å²) in [6.45, 7) is 0. The number of hydrazine groups is 1. The molecule has 0 amide bonds. The molecule has 112 valence electrons. The molecule has 3 N–H and O–H groups in total. The zero-order valence-corrected chi connectivity index (χ0v) is 11.8. The van der Waals surface area contributed by atoms with Crippen molar-refractivity contribution in [3.8, 4) is 0 Å². The molecule has 0 spiro atoms. The number of hydrogen-bond donors (Lipinski definition) is 2. The average Bonchev–Trinajstić information content (AvgIpc) is 2.44. The Kier molecular flexibility index (Phi) is 5.22. The first-order valence-corrected chi connectivity index (χ1v) is 6.72. The Labute approximate surface area is 125 Å². The standard InChI is InChI=1S/C15H14ClF3N2/c16-10-5-4-9(15(19)7-10)6-11(21-20)8-12-13(17)2-1-3-14(12)18/h1-5,7,11,21H,6,8,20H2. The van der Waals surface area contributed by atoms with Crippen molar-refractivity contribution in [2.24, 2.45) is 5.84 Å². The van der Waals surface area contributed by atoms with E-state index in [4.69, 9.17) is 17.4 Å². The van der Waals surface area contributed by atoms with Gasteiger partial charge in [-0.05, 0) is 42.7 Å². The second-order valence-electron chi connectivity index (χ2n) is 4.71. The molecule has 21 heavy (non-hydrogen) atoms. The van der Waals surface area contributed by atoms with Crippen molar-refractivity contribution >= 4 is 11.6 Å². The first kappa shape index (κ1) is 15.8. The van der Waals surface area contributed by atoms with Crippen LogP contribution in [0, 0.1) is 17.5 Å². The van der Waals surface area contributed by atoms with Crippen LogP contribution in [0.1, 0.15) is 11.1 Å².